The van der Waals surface area contributed by atoms with Crippen molar-refractivity contribution in [2.75, 3.05) is 0 Å². The summed E-state index contributed by atoms with van der Waals surface area (Å²) in [5, 5.41) is 0. The standard InChI is InChI=1S/C10H16O2/c1-3-5-9(11)7-8-10(12)6-4-2/h7-8H,3-6H2,1-2H3/b8-7-. The highest BCUT2D eigenvalue weighted by molar-refractivity contribution is 5.98. The average Bonchev–Trinajstić information content (AvgIpc) is 2.02. The Morgan fingerprint density at radius 3 is 1.50 bits per heavy atom. The van der Waals surface area contributed by atoms with E-state index in [0.29, 0.717) is 12.8 Å². The molecule has 0 aromatic heterocycles. The highest BCUT2D eigenvalue weighted by Gasteiger charge is 1.96. The van der Waals surface area contributed by atoms with Gasteiger partial charge >= 0.3 is 0 Å². The molecule has 0 rings (SSSR count). The fraction of sp³-hybridized carbons (Fsp3) is 0.600. The second-order valence-corrected chi connectivity index (χ2v) is 2.77. The summed E-state index contributed by atoms with van der Waals surface area (Å²) in [6.07, 6.45) is 5.53. The summed E-state index contributed by atoms with van der Waals surface area (Å²) >= 11 is 0. The van der Waals surface area contributed by atoms with E-state index in [2.05, 4.69) is 0 Å². The van der Waals surface area contributed by atoms with Crippen LogP contribution in [0.5, 0.6) is 0 Å². The molecule has 0 unspecified atom stereocenters. The highest BCUT2D eigenvalue weighted by Crippen LogP contribution is 1.94. The number of rotatable bonds is 6. The maximum atomic E-state index is 10.9. The molecule has 0 atom stereocenters. The molecular formula is C10H16O2. The third-order valence-electron chi connectivity index (χ3n) is 1.45. The van der Waals surface area contributed by atoms with Crippen LogP contribution in [-0.2, 0) is 9.59 Å². The molecule has 0 N–H and O–H groups in total. The molecule has 0 aromatic rings. The predicted molar refractivity (Wildman–Crippen MR) is 49.0 cm³/mol. The number of hydrogen-bond donors (Lipinski definition) is 0. The van der Waals surface area contributed by atoms with Crippen LogP contribution in [0.3, 0.4) is 0 Å². The van der Waals surface area contributed by atoms with Gasteiger partial charge in [-0.25, -0.2) is 0 Å². The molecule has 0 aliphatic rings. The Bertz CT molecular complexity index is 160. The van der Waals surface area contributed by atoms with Crippen LogP contribution in [-0.4, -0.2) is 11.6 Å². The molecule has 0 radical (unpaired) electrons. The average molecular weight is 168 g/mol. The molecule has 0 fully saturated rings. The minimum Gasteiger partial charge on any atom is -0.295 e. The van der Waals surface area contributed by atoms with Crippen molar-refractivity contribution in [1.82, 2.24) is 0 Å². The van der Waals surface area contributed by atoms with Crippen molar-refractivity contribution < 1.29 is 9.59 Å². The first kappa shape index (κ1) is 11.1. The van der Waals surface area contributed by atoms with Crippen LogP contribution in [0.15, 0.2) is 12.2 Å². The third kappa shape index (κ3) is 5.83. The summed E-state index contributed by atoms with van der Waals surface area (Å²) < 4.78 is 0. The van der Waals surface area contributed by atoms with Crippen LogP contribution < -0.4 is 0 Å². The van der Waals surface area contributed by atoms with E-state index in [4.69, 9.17) is 0 Å². The molecule has 0 saturated carbocycles. The zero-order valence-corrected chi connectivity index (χ0v) is 7.80. The largest absolute Gasteiger partial charge is 0.295 e. The van der Waals surface area contributed by atoms with E-state index >= 15 is 0 Å². The van der Waals surface area contributed by atoms with E-state index in [1.54, 1.807) is 0 Å². The Morgan fingerprint density at radius 2 is 1.25 bits per heavy atom. The van der Waals surface area contributed by atoms with E-state index in [-0.39, 0.29) is 11.6 Å². The first-order valence-corrected chi connectivity index (χ1v) is 4.44. The summed E-state index contributed by atoms with van der Waals surface area (Å²) in [5.41, 5.74) is 0. The topological polar surface area (TPSA) is 34.1 Å². The summed E-state index contributed by atoms with van der Waals surface area (Å²) in [6.45, 7) is 3.89. The summed E-state index contributed by atoms with van der Waals surface area (Å²) in [4.78, 5) is 21.8. The summed E-state index contributed by atoms with van der Waals surface area (Å²) in [6, 6.07) is 0. The molecular weight excluding hydrogens is 152 g/mol. The molecule has 68 valence electrons. The van der Waals surface area contributed by atoms with Gasteiger partial charge in [-0.2, -0.15) is 0 Å². The van der Waals surface area contributed by atoms with Crippen molar-refractivity contribution >= 4 is 11.6 Å². The SMILES string of the molecule is CCCC(=O)/C=C\C(=O)CCC. The molecule has 0 spiro atoms. The normalized spacial score (nSPS) is 10.5. The quantitative estimate of drug-likeness (QED) is 0.570. The van der Waals surface area contributed by atoms with Gasteiger partial charge in [-0.3, -0.25) is 9.59 Å². The second kappa shape index (κ2) is 6.77. The van der Waals surface area contributed by atoms with Crippen molar-refractivity contribution in [3.05, 3.63) is 12.2 Å². The van der Waals surface area contributed by atoms with Crippen LogP contribution in [0.2, 0.25) is 0 Å². The first-order valence-electron chi connectivity index (χ1n) is 4.44. The maximum Gasteiger partial charge on any atom is 0.155 e. The van der Waals surface area contributed by atoms with Crippen molar-refractivity contribution in [3.8, 4) is 0 Å². The lowest BCUT2D eigenvalue weighted by molar-refractivity contribution is -0.116. The van der Waals surface area contributed by atoms with Gasteiger partial charge in [-0.1, -0.05) is 13.8 Å². The van der Waals surface area contributed by atoms with Gasteiger partial charge in [-0.05, 0) is 25.0 Å². The Morgan fingerprint density at radius 1 is 0.917 bits per heavy atom. The van der Waals surface area contributed by atoms with E-state index < -0.39 is 0 Å². The second-order valence-electron chi connectivity index (χ2n) is 2.77. The van der Waals surface area contributed by atoms with E-state index in [9.17, 15) is 9.59 Å². The van der Waals surface area contributed by atoms with Crippen LogP contribution in [0.25, 0.3) is 0 Å². The van der Waals surface area contributed by atoms with Crippen LogP contribution >= 0.6 is 0 Å². The lowest BCUT2D eigenvalue weighted by atomic mass is 10.2. The highest BCUT2D eigenvalue weighted by atomic mass is 16.1. The lowest BCUT2D eigenvalue weighted by Gasteiger charge is -1.89. The third-order valence-corrected chi connectivity index (χ3v) is 1.45. The van der Waals surface area contributed by atoms with Crippen molar-refractivity contribution in [2.45, 2.75) is 39.5 Å². The smallest absolute Gasteiger partial charge is 0.155 e. The minimum absolute atomic E-state index is 0.0435. The van der Waals surface area contributed by atoms with Gasteiger partial charge in [0.25, 0.3) is 0 Å². The summed E-state index contributed by atoms with van der Waals surface area (Å²) in [7, 11) is 0. The van der Waals surface area contributed by atoms with E-state index in [1.165, 1.54) is 12.2 Å². The van der Waals surface area contributed by atoms with Gasteiger partial charge in [0.1, 0.15) is 0 Å². The van der Waals surface area contributed by atoms with Crippen molar-refractivity contribution in [1.29, 1.82) is 0 Å². The molecule has 2 heteroatoms. The Labute approximate surface area is 73.7 Å². The molecule has 0 aromatic carbocycles. The fourth-order valence-electron chi connectivity index (χ4n) is 0.845. The number of hydrogen-bond acceptors (Lipinski definition) is 2. The molecule has 0 heterocycles. The zero-order chi connectivity index (χ0) is 9.40. The number of carbonyl (C=O) groups is 2. The van der Waals surface area contributed by atoms with Crippen LogP contribution in [0.1, 0.15) is 39.5 Å². The Kier molecular flexibility index (Phi) is 6.25. The summed E-state index contributed by atoms with van der Waals surface area (Å²) in [5.74, 6) is 0.0870. The van der Waals surface area contributed by atoms with Gasteiger partial charge in [0.2, 0.25) is 0 Å². The minimum atomic E-state index is 0.0435. The molecule has 0 bridgehead atoms. The van der Waals surface area contributed by atoms with Gasteiger partial charge < -0.3 is 0 Å². The monoisotopic (exact) mass is 168 g/mol. The van der Waals surface area contributed by atoms with Crippen molar-refractivity contribution in [2.24, 2.45) is 0 Å². The Hall–Kier alpha value is -0.920. The molecule has 0 aliphatic carbocycles. The Balaban J connectivity index is 3.73. The van der Waals surface area contributed by atoms with Gasteiger partial charge in [0.15, 0.2) is 11.6 Å². The number of ketones is 2. The van der Waals surface area contributed by atoms with Gasteiger partial charge in [-0.15, -0.1) is 0 Å². The van der Waals surface area contributed by atoms with Crippen LogP contribution in [0, 0.1) is 0 Å². The predicted octanol–water partition coefficient (Wildman–Crippen LogP) is 2.28. The first-order chi connectivity index (χ1) is 5.70. The number of carbonyl (C=O) groups excluding carboxylic acids is 2. The van der Waals surface area contributed by atoms with E-state index in [0.717, 1.165) is 12.8 Å². The zero-order valence-electron chi connectivity index (χ0n) is 7.80. The molecule has 12 heavy (non-hydrogen) atoms. The fourth-order valence-corrected chi connectivity index (χ4v) is 0.845. The molecule has 0 aliphatic heterocycles. The van der Waals surface area contributed by atoms with E-state index in [1.807, 2.05) is 13.8 Å². The van der Waals surface area contributed by atoms with Gasteiger partial charge in [0, 0.05) is 12.8 Å². The molecule has 0 saturated heterocycles. The molecule has 2 nitrogen and oxygen atoms in total. The van der Waals surface area contributed by atoms with Crippen molar-refractivity contribution in [3.63, 3.8) is 0 Å². The van der Waals surface area contributed by atoms with Crippen LogP contribution in [0.4, 0.5) is 0 Å². The lowest BCUT2D eigenvalue weighted by Crippen LogP contribution is -1.95. The molecule has 0 amide bonds. The maximum absolute atomic E-state index is 10.9. The number of allylic oxidation sites excluding steroid dienone is 2. The van der Waals surface area contributed by atoms with Gasteiger partial charge in [0.05, 0.1) is 0 Å².